The van der Waals surface area contributed by atoms with Crippen LogP contribution >= 0.6 is 11.3 Å². The molecule has 122 valence electrons. The van der Waals surface area contributed by atoms with Gasteiger partial charge in [0.2, 0.25) is 0 Å². The maximum atomic E-state index is 10.5. The van der Waals surface area contributed by atoms with Crippen molar-refractivity contribution >= 4 is 23.0 Å². The van der Waals surface area contributed by atoms with Crippen LogP contribution in [0.1, 0.15) is 35.8 Å². The topological polar surface area (TPSA) is 70.6 Å². The number of fused-ring (bicyclic) bond motifs is 1. The van der Waals surface area contributed by atoms with E-state index in [4.69, 9.17) is 5.73 Å². The van der Waals surface area contributed by atoms with Gasteiger partial charge in [-0.2, -0.15) is 0 Å². The van der Waals surface area contributed by atoms with E-state index in [1.54, 1.807) is 6.92 Å². The van der Waals surface area contributed by atoms with E-state index in [1.807, 2.05) is 23.6 Å². The van der Waals surface area contributed by atoms with E-state index in [0.717, 1.165) is 23.4 Å². The van der Waals surface area contributed by atoms with Gasteiger partial charge in [-0.25, -0.2) is 4.99 Å². The lowest BCUT2D eigenvalue weighted by Gasteiger charge is -2.21. The Kier molecular flexibility index (Phi) is 4.68. The minimum Gasteiger partial charge on any atom is -0.383 e. The lowest BCUT2D eigenvalue weighted by atomic mass is 9.90. The zero-order valence-corrected chi connectivity index (χ0v) is 14.2. The normalized spacial score (nSPS) is 17.4. The Bertz CT molecular complexity index is 692. The minimum absolute atomic E-state index is 0.237. The van der Waals surface area contributed by atoms with Gasteiger partial charge in [-0.1, -0.05) is 18.2 Å². The summed E-state index contributed by atoms with van der Waals surface area (Å²) < 4.78 is 0. The zero-order chi connectivity index (χ0) is 16.3. The number of nitrogens with two attached hydrogens (primary N) is 1. The average Bonchev–Trinajstić information content (AvgIpc) is 3.09. The van der Waals surface area contributed by atoms with Crippen LogP contribution in [0.25, 0.3) is 0 Å². The van der Waals surface area contributed by atoms with E-state index in [0.29, 0.717) is 5.96 Å². The molecular weight excluding hydrogens is 306 g/mol. The number of anilines is 1. The third-order valence-electron chi connectivity index (χ3n) is 4.27. The highest BCUT2D eigenvalue weighted by Crippen LogP contribution is 2.28. The van der Waals surface area contributed by atoms with E-state index in [9.17, 15) is 5.11 Å². The van der Waals surface area contributed by atoms with Crippen molar-refractivity contribution in [3.63, 3.8) is 0 Å². The summed E-state index contributed by atoms with van der Waals surface area (Å²) in [7, 11) is 0. The van der Waals surface area contributed by atoms with Crippen LogP contribution in [0.15, 0.2) is 40.7 Å². The van der Waals surface area contributed by atoms with Crippen molar-refractivity contribution < 1.29 is 5.11 Å². The SMILES string of the molecule is CC(O)(CN=C(N)Nc1cccc2c1CCCC2)c1cccs1. The van der Waals surface area contributed by atoms with Crippen molar-refractivity contribution in [2.45, 2.75) is 38.2 Å². The van der Waals surface area contributed by atoms with Crippen LogP contribution in [0.3, 0.4) is 0 Å². The molecule has 1 aliphatic rings. The first kappa shape index (κ1) is 16.0. The van der Waals surface area contributed by atoms with Gasteiger partial charge >= 0.3 is 0 Å². The second kappa shape index (κ2) is 6.72. The molecule has 0 saturated carbocycles. The van der Waals surface area contributed by atoms with E-state index < -0.39 is 5.60 Å². The average molecular weight is 329 g/mol. The summed E-state index contributed by atoms with van der Waals surface area (Å²) in [5, 5.41) is 15.7. The van der Waals surface area contributed by atoms with Gasteiger partial charge in [0.05, 0.1) is 6.54 Å². The predicted octanol–water partition coefficient (Wildman–Crippen LogP) is 3.26. The quantitative estimate of drug-likeness (QED) is 0.595. The second-order valence-corrected chi connectivity index (χ2v) is 7.18. The number of benzene rings is 1. The summed E-state index contributed by atoms with van der Waals surface area (Å²) in [5.41, 5.74) is 8.83. The highest BCUT2D eigenvalue weighted by atomic mass is 32.1. The van der Waals surface area contributed by atoms with Crippen LogP contribution < -0.4 is 11.1 Å². The number of aliphatic hydroxyl groups is 1. The molecule has 1 atom stereocenters. The minimum atomic E-state index is -0.990. The summed E-state index contributed by atoms with van der Waals surface area (Å²) in [5.74, 6) is 0.348. The molecule has 0 fully saturated rings. The van der Waals surface area contributed by atoms with Gasteiger partial charge in [0.25, 0.3) is 0 Å². The predicted molar refractivity (Wildman–Crippen MR) is 97.1 cm³/mol. The van der Waals surface area contributed by atoms with Gasteiger partial charge in [0.15, 0.2) is 5.96 Å². The third kappa shape index (κ3) is 3.74. The molecule has 0 saturated heterocycles. The van der Waals surface area contributed by atoms with Crippen molar-refractivity contribution in [3.05, 3.63) is 51.7 Å². The number of hydrogen-bond donors (Lipinski definition) is 3. The van der Waals surface area contributed by atoms with Crippen LogP contribution in [-0.4, -0.2) is 17.6 Å². The number of nitrogens with one attached hydrogen (secondary N) is 1. The molecule has 4 N–H and O–H groups in total. The lowest BCUT2D eigenvalue weighted by molar-refractivity contribution is 0.0713. The van der Waals surface area contributed by atoms with Crippen LogP contribution in [0.5, 0.6) is 0 Å². The molecule has 0 amide bonds. The van der Waals surface area contributed by atoms with Crippen molar-refractivity contribution in [1.82, 2.24) is 0 Å². The monoisotopic (exact) mass is 329 g/mol. The molecule has 1 aliphatic carbocycles. The molecule has 0 aliphatic heterocycles. The van der Waals surface area contributed by atoms with Crippen molar-refractivity contribution in [2.75, 3.05) is 11.9 Å². The third-order valence-corrected chi connectivity index (χ3v) is 5.39. The van der Waals surface area contributed by atoms with E-state index in [2.05, 4.69) is 22.4 Å². The first-order valence-electron chi connectivity index (χ1n) is 8.00. The van der Waals surface area contributed by atoms with E-state index >= 15 is 0 Å². The number of nitrogens with zero attached hydrogens (tertiary/aromatic N) is 1. The number of rotatable bonds is 4. The fourth-order valence-electron chi connectivity index (χ4n) is 2.98. The Morgan fingerprint density at radius 2 is 2.13 bits per heavy atom. The van der Waals surface area contributed by atoms with E-state index in [1.165, 1.54) is 35.3 Å². The fourth-order valence-corrected chi connectivity index (χ4v) is 3.76. The molecule has 2 aromatic rings. The molecule has 1 aromatic heterocycles. The Hall–Kier alpha value is -1.85. The number of hydrogen-bond acceptors (Lipinski definition) is 3. The molecule has 0 spiro atoms. The lowest BCUT2D eigenvalue weighted by Crippen LogP contribution is -2.29. The van der Waals surface area contributed by atoms with Gasteiger partial charge in [-0.15, -0.1) is 11.3 Å². The van der Waals surface area contributed by atoms with Crippen LogP contribution in [0.4, 0.5) is 5.69 Å². The molecule has 23 heavy (non-hydrogen) atoms. The van der Waals surface area contributed by atoms with Gasteiger partial charge in [0, 0.05) is 10.6 Å². The molecule has 1 heterocycles. The summed E-state index contributed by atoms with van der Waals surface area (Å²) in [6.45, 7) is 2.00. The van der Waals surface area contributed by atoms with Gasteiger partial charge in [0.1, 0.15) is 5.60 Å². The molecule has 0 bridgehead atoms. The van der Waals surface area contributed by atoms with Gasteiger partial charge in [-0.3, -0.25) is 0 Å². The maximum absolute atomic E-state index is 10.5. The zero-order valence-electron chi connectivity index (χ0n) is 13.4. The number of thiophene rings is 1. The molecule has 4 nitrogen and oxygen atoms in total. The Labute approximate surface area is 141 Å². The molecular formula is C18H23N3OS. The standard InChI is InChI=1S/C18H23N3OS/c1-18(22,16-10-5-11-23-16)12-20-17(19)21-15-9-4-7-13-6-2-3-8-14(13)15/h4-5,7,9-11,22H,2-3,6,8,12H2,1H3,(H3,19,20,21). The Morgan fingerprint density at radius 1 is 1.30 bits per heavy atom. The molecule has 0 radical (unpaired) electrons. The largest absolute Gasteiger partial charge is 0.383 e. The first-order chi connectivity index (χ1) is 11.1. The molecule has 1 aromatic carbocycles. The Balaban J connectivity index is 1.71. The molecule has 1 unspecified atom stereocenters. The first-order valence-corrected chi connectivity index (χ1v) is 8.88. The van der Waals surface area contributed by atoms with Crippen LogP contribution in [0.2, 0.25) is 0 Å². The molecule has 3 rings (SSSR count). The maximum Gasteiger partial charge on any atom is 0.193 e. The molecule has 5 heteroatoms. The number of aliphatic imine (C=N–C) groups is 1. The summed E-state index contributed by atoms with van der Waals surface area (Å²) in [4.78, 5) is 5.23. The number of aryl methyl sites for hydroxylation is 1. The summed E-state index contributed by atoms with van der Waals surface area (Å²) in [6.07, 6.45) is 4.69. The summed E-state index contributed by atoms with van der Waals surface area (Å²) >= 11 is 1.52. The fraction of sp³-hybridized carbons (Fsp3) is 0.389. The van der Waals surface area contributed by atoms with Gasteiger partial charge < -0.3 is 16.2 Å². The summed E-state index contributed by atoms with van der Waals surface area (Å²) in [6, 6.07) is 10.1. The van der Waals surface area contributed by atoms with Crippen LogP contribution in [0, 0.1) is 0 Å². The smallest absolute Gasteiger partial charge is 0.193 e. The van der Waals surface area contributed by atoms with Crippen LogP contribution in [-0.2, 0) is 18.4 Å². The Morgan fingerprint density at radius 3 is 2.91 bits per heavy atom. The number of guanidine groups is 1. The van der Waals surface area contributed by atoms with Crippen molar-refractivity contribution in [1.29, 1.82) is 0 Å². The van der Waals surface area contributed by atoms with Crippen molar-refractivity contribution in [2.24, 2.45) is 10.7 Å². The van der Waals surface area contributed by atoms with E-state index in [-0.39, 0.29) is 6.54 Å². The van der Waals surface area contributed by atoms with Gasteiger partial charge in [-0.05, 0) is 61.2 Å². The second-order valence-electron chi connectivity index (χ2n) is 6.23. The highest BCUT2D eigenvalue weighted by molar-refractivity contribution is 7.10. The van der Waals surface area contributed by atoms with Crippen molar-refractivity contribution in [3.8, 4) is 0 Å². The highest BCUT2D eigenvalue weighted by Gasteiger charge is 2.24.